The molecule has 1 aromatic carbocycles. The van der Waals surface area contributed by atoms with Gasteiger partial charge >= 0.3 is 0 Å². The summed E-state index contributed by atoms with van der Waals surface area (Å²) in [5.41, 5.74) is 7.41. The van der Waals surface area contributed by atoms with Crippen LogP contribution in [-0.2, 0) is 4.79 Å². The Bertz CT molecular complexity index is 1780. The maximum atomic E-state index is 12.6. The molecule has 0 unspecified atom stereocenters. The van der Waals surface area contributed by atoms with Crippen molar-refractivity contribution in [3.8, 4) is 17.3 Å². The molecule has 1 aliphatic carbocycles. The minimum absolute atomic E-state index is 0.0709. The smallest absolute Gasteiger partial charge is 0.236 e. The summed E-state index contributed by atoms with van der Waals surface area (Å²) in [6, 6.07) is 12.6. The van der Waals surface area contributed by atoms with E-state index < -0.39 is 0 Å². The molecule has 1 saturated carbocycles. The molecule has 222 valence electrons. The Kier molecular flexibility index (Phi) is 6.77. The van der Waals surface area contributed by atoms with Crippen molar-refractivity contribution in [2.45, 2.75) is 38.7 Å². The van der Waals surface area contributed by atoms with Crippen molar-refractivity contribution in [1.82, 2.24) is 24.4 Å². The molecule has 1 N–H and O–H groups in total. The predicted octanol–water partition coefficient (Wildman–Crippen LogP) is 3.92. The molecule has 3 aromatic heterocycles. The van der Waals surface area contributed by atoms with Crippen molar-refractivity contribution in [1.29, 1.82) is 5.26 Å². The third-order valence-electron chi connectivity index (χ3n) is 8.77. The van der Waals surface area contributed by atoms with Crippen LogP contribution in [0.3, 0.4) is 0 Å². The van der Waals surface area contributed by atoms with E-state index in [1.165, 1.54) is 11.3 Å². The number of nitrogens with zero attached hydrogens (tertiary/aromatic N) is 8. The predicted molar refractivity (Wildman–Crippen MR) is 168 cm³/mol. The Labute approximate surface area is 256 Å². The van der Waals surface area contributed by atoms with E-state index in [1.807, 2.05) is 50.1 Å². The number of aromatic nitrogens is 3. The van der Waals surface area contributed by atoms with Gasteiger partial charge in [0.1, 0.15) is 16.6 Å². The summed E-state index contributed by atoms with van der Waals surface area (Å²) < 4.78 is 10.9. The highest BCUT2D eigenvalue weighted by Gasteiger charge is 2.34. The minimum Gasteiger partial charge on any atom is -0.389 e. The fraction of sp³-hybridized carbons (Fsp3) is 0.438. The lowest BCUT2D eigenvalue weighted by Crippen LogP contribution is -2.57. The first-order valence-corrected chi connectivity index (χ1v) is 15.7. The first kappa shape index (κ1) is 26.6. The number of aryl methyl sites for hydroxylation is 1. The number of benzene rings is 1. The molecule has 2 saturated heterocycles. The van der Waals surface area contributed by atoms with E-state index >= 15 is 0 Å². The number of pyridine rings is 1. The Morgan fingerprint density at radius 3 is 2.56 bits per heavy atom. The number of anilines is 3. The van der Waals surface area contributed by atoms with E-state index in [0.29, 0.717) is 42.3 Å². The van der Waals surface area contributed by atoms with Gasteiger partial charge in [0.25, 0.3) is 0 Å². The van der Waals surface area contributed by atoms with Crippen molar-refractivity contribution >= 4 is 39.3 Å². The van der Waals surface area contributed by atoms with Crippen LogP contribution in [0.15, 0.2) is 36.5 Å². The van der Waals surface area contributed by atoms with Gasteiger partial charge in [0.15, 0.2) is 5.13 Å². The second-order valence-corrected chi connectivity index (χ2v) is 13.0. The summed E-state index contributed by atoms with van der Waals surface area (Å²) in [6.07, 6.45) is 2.11. The molecule has 3 aliphatic rings. The van der Waals surface area contributed by atoms with Gasteiger partial charge in [0.05, 0.1) is 30.9 Å². The summed E-state index contributed by atoms with van der Waals surface area (Å²) in [4.78, 5) is 26.3. The number of thiazole rings is 1. The Morgan fingerprint density at radius 2 is 1.91 bits per heavy atom. The fourth-order valence-corrected chi connectivity index (χ4v) is 6.89. The number of carbonyl (C=O) groups is 1. The zero-order valence-corrected chi connectivity index (χ0v) is 25.6. The number of nitriles is 1. The van der Waals surface area contributed by atoms with Gasteiger partial charge in [-0.1, -0.05) is 41.2 Å². The van der Waals surface area contributed by atoms with Gasteiger partial charge in [-0.2, -0.15) is 10.4 Å². The quantitative estimate of drug-likeness (QED) is 0.342. The van der Waals surface area contributed by atoms with E-state index in [1.54, 1.807) is 9.42 Å². The average molecular weight is 598 g/mol. The molecule has 5 heterocycles. The van der Waals surface area contributed by atoms with E-state index in [9.17, 15) is 15.2 Å². The topological polar surface area (TPSA) is 104 Å². The summed E-state index contributed by atoms with van der Waals surface area (Å²) in [5, 5.41) is 25.2. The molecule has 10 nitrogen and oxygen atoms in total. The number of hydrogen-bond donors (Lipinski definition) is 1. The Balaban J connectivity index is 1.20. The number of carbonyl (C=O) groups excluding carboxylic acids is 1. The van der Waals surface area contributed by atoms with E-state index in [4.69, 9.17) is 11.5 Å². The molecule has 43 heavy (non-hydrogen) atoms. The highest BCUT2D eigenvalue weighted by Crippen LogP contribution is 2.48. The third-order valence-corrected chi connectivity index (χ3v) is 9.80. The van der Waals surface area contributed by atoms with E-state index in [-0.39, 0.29) is 12.0 Å². The maximum absolute atomic E-state index is 12.6. The number of amides is 1. The zero-order valence-electron chi connectivity index (χ0n) is 25.7. The van der Waals surface area contributed by atoms with Crippen LogP contribution in [0.25, 0.3) is 16.8 Å². The number of aliphatic hydroxyl groups is 1. The second-order valence-electron chi connectivity index (χ2n) is 12.0. The lowest BCUT2D eigenvalue weighted by Gasteiger charge is -2.40. The van der Waals surface area contributed by atoms with Gasteiger partial charge in [0.2, 0.25) is 5.91 Å². The van der Waals surface area contributed by atoms with Crippen LogP contribution < -0.4 is 9.80 Å². The van der Waals surface area contributed by atoms with Crippen LogP contribution >= 0.6 is 11.3 Å². The average Bonchev–Trinajstić information content (AvgIpc) is 3.64. The summed E-state index contributed by atoms with van der Waals surface area (Å²) in [6.45, 7) is 8.25. The standard InChI is InChI=1S/C32H36N8O2S/c1-20-4-6-22(7-5-20)29-27(15-33)43-32(34-29)36(3)31-26-14-25(21(2)16-40(26)35-30(31)23-8-9-23)38-12-10-37(11-13-38)19-28(42)39-17-24(41)18-39/h4-7,14,16,23-24,41H,8-13,17-19H2,1-3H3/i16D. The first-order valence-electron chi connectivity index (χ1n) is 15.4. The molecule has 7 rings (SSSR count). The van der Waals surface area contributed by atoms with Crippen molar-refractivity contribution in [2.75, 3.05) is 62.7 Å². The molecule has 0 atom stereocenters. The van der Waals surface area contributed by atoms with Gasteiger partial charge in [-0.25, -0.2) is 9.50 Å². The number of fused-ring (bicyclic) bond motifs is 1. The fourth-order valence-electron chi connectivity index (χ4n) is 6.04. The maximum Gasteiger partial charge on any atom is 0.236 e. The Hall–Kier alpha value is -3.98. The first-order chi connectivity index (χ1) is 21.2. The largest absolute Gasteiger partial charge is 0.389 e. The highest BCUT2D eigenvalue weighted by atomic mass is 32.1. The minimum atomic E-state index is -0.389. The van der Waals surface area contributed by atoms with Crippen LogP contribution in [0.2, 0.25) is 0 Å². The van der Waals surface area contributed by atoms with E-state index in [2.05, 4.69) is 21.9 Å². The number of hydrogen-bond acceptors (Lipinski definition) is 9. The molecule has 0 radical (unpaired) electrons. The summed E-state index contributed by atoms with van der Waals surface area (Å²) in [5.74, 6) is 0.415. The van der Waals surface area contributed by atoms with E-state index in [0.717, 1.165) is 83.4 Å². The summed E-state index contributed by atoms with van der Waals surface area (Å²) >= 11 is 1.38. The number of aliphatic hydroxyl groups excluding tert-OH is 1. The molecule has 0 spiro atoms. The van der Waals surface area contributed by atoms with Gasteiger partial charge in [-0.3, -0.25) is 9.69 Å². The van der Waals surface area contributed by atoms with Crippen LogP contribution in [0.1, 0.15) is 41.8 Å². The van der Waals surface area contributed by atoms with Gasteiger partial charge in [-0.15, -0.1) is 0 Å². The van der Waals surface area contributed by atoms with Crippen molar-refractivity contribution in [2.24, 2.45) is 0 Å². The lowest BCUT2D eigenvalue weighted by molar-refractivity contribution is -0.142. The van der Waals surface area contributed by atoms with Crippen LogP contribution in [0.5, 0.6) is 0 Å². The Morgan fingerprint density at radius 1 is 1.19 bits per heavy atom. The molecule has 4 aromatic rings. The molecular formula is C32H36N8O2S. The molecule has 1 amide bonds. The lowest BCUT2D eigenvalue weighted by atomic mass is 10.1. The van der Waals surface area contributed by atoms with Crippen LogP contribution in [-0.4, -0.2) is 94.4 Å². The molecule has 0 bridgehead atoms. The number of likely N-dealkylation sites (tertiary alicyclic amines) is 1. The monoisotopic (exact) mass is 597 g/mol. The number of rotatable bonds is 7. The number of piperazine rings is 1. The highest BCUT2D eigenvalue weighted by molar-refractivity contribution is 7.16. The SMILES string of the molecule is [2H]c1c(C)c(N2CCN(CC(=O)N3CC(O)C3)CC2)cc2c(N(C)c3nc(-c4ccc(C)cc4)c(C#N)s3)c(C3CC3)nn12. The van der Waals surface area contributed by atoms with Crippen molar-refractivity contribution < 1.29 is 11.3 Å². The van der Waals surface area contributed by atoms with Crippen molar-refractivity contribution in [3.05, 3.63) is 58.2 Å². The normalized spacial score (nSPS) is 18.1. The number of β-amino-alcohol motifs (C(OH)–C–C–N with tert-alkyl or cyclic N) is 1. The van der Waals surface area contributed by atoms with Gasteiger partial charge in [-0.05, 0) is 38.3 Å². The van der Waals surface area contributed by atoms with Crippen LogP contribution in [0.4, 0.5) is 16.5 Å². The zero-order chi connectivity index (χ0) is 30.7. The van der Waals surface area contributed by atoms with Gasteiger partial charge in [0, 0.05) is 69.7 Å². The molecule has 11 heteroatoms. The van der Waals surface area contributed by atoms with Crippen LogP contribution in [0, 0.1) is 25.2 Å². The van der Waals surface area contributed by atoms with Crippen molar-refractivity contribution in [3.63, 3.8) is 0 Å². The molecule has 3 fully saturated rings. The summed E-state index contributed by atoms with van der Waals surface area (Å²) in [7, 11) is 1.98. The second kappa shape index (κ2) is 10.9. The third kappa shape index (κ3) is 5.24. The molecule has 2 aliphatic heterocycles. The molecular weight excluding hydrogens is 560 g/mol. The van der Waals surface area contributed by atoms with Gasteiger partial charge < -0.3 is 19.8 Å².